The zero-order chi connectivity index (χ0) is 19.2. The molecule has 0 aromatic heterocycles. The first-order valence-electron chi connectivity index (χ1n) is 10.6. The lowest BCUT2D eigenvalue weighted by Crippen LogP contribution is -2.37. The number of unbranched alkanes of at least 4 members (excludes halogenated alkanes) is 3. The van der Waals surface area contributed by atoms with E-state index in [1.807, 2.05) is 0 Å². The van der Waals surface area contributed by atoms with Gasteiger partial charge in [-0.3, -0.25) is 0 Å². The third-order valence-electron chi connectivity index (χ3n) is 4.76. The molecule has 1 heterocycles. The molecule has 0 amide bonds. The van der Waals surface area contributed by atoms with E-state index in [0.717, 1.165) is 45.1 Å². The molecule has 6 heteroatoms. The summed E-state index contributed by atoms with van der Waals surface area (Å²) in [5.41, 5.74) is 2.43. The van der Waals surface area contributed by atoms with Crippen LogP contribution in [0.2, 0.25) is 0 Å². The van der Waals surface area contributed by atoms with Gasteiger partial charge in [0.15, 0.2) is 5.96 Å². The Morgan fingerprint density at radius 2 is 1.75 bits per heavy atom. The van der Waals surface area contributed by atoms with Gasteiger partial charge in [-0.2, -0.15) is 0 Å². The number of rotatable bonds is 11. The van der Waals surface area contributed by atoms with Crippen LogP contribution in [0.1, 0.15) is 63.5 Å². The molecule has 0 saturated carbocycles. The monoisotopic (exact) mass is 503 g/mol. The second-order valence-corrected chi connectivity index (χ2v) is 7.12. The van der Waals surface area contributed by atoms with Gasteiger partial charge < -0.3 is 20.1 Å². The molecule has 1 aliphatic heterocycles. The van der Waals surface area contributed by atoms with Crippen molar-refractivity contribution in [2.75, 3.05) is 26.3 Å². The average Bonchev–Trinajstić information content (AvgIpc) is 2.72. The van der Waals surface area contributed by atoms with Crippen molar-refractivity contribution < 1.29 is 9.47 Å². The summed E-state index contributed by atoms with van der Waals surface area (Å²) in [7, 11) is 0. The molecular weight excluding hydrogens is 465 g/mol. The summed E-state index contributed by atoms with van der Waals surface area (Å²) in [6.45, 7) is 9.20. The summed E-state index contributed by atoms with van der Waals surface area (Å²) in [5.74, 6) is 0.904. The Kier molecular flexibility index (Phi) is 14.4. The molecule has 0 atom stereocenters. The predicted molar refractivity (Wildman–Crippen MR) is 127 cm³/mol. The van der Waals surface area contributed by atoms with Gasteiger partial charge in [0.25, 0.3) is 0 Å². The molecule has 0 radical (unpaired) electrons. The van der Waals surface area contributed by atoms with Gasteiger partial charge >= 0.3 is 0 Å². The molecule has 1 saturated heterocycles. The summed E-state index contributed by atoms with van der Waals surface area (Å²) in [6, 6.07) is 8.60. The summed E-state index contributed by atoms with van der Waals surface area (Å²) < 4.78 is 11.4. The van der Waals surface area contributed by atoms with E-state index in [4.69, 9.17) is 14.5 Å². The van der Waals surface area contributed by atoms with Crippen molar-refractivity contribution >= 4 is 29.9 Å². The van der Waals surface area contributed by atoms with Gasteiger partial charge in [-0.15, -0.1) is 24.0 Å². The van der Waals surface area contributed by atoms with Crippen molar-refractivity contribution in [2.24, 2.45) is 4.99 Å². The van der Waals surface area contributed by atoms with E-state index in [0.29, 0.717) is 19.3 Å². The van der Waals surface area contributed by atoms with Crippen LogP contribution in [0.4, 0.5) is 0 Å². The first kappa shape index (κ1) is 25.2. The third kappa shape index (κ3) is 10.6. The van der Waals surface area contributed by atoms with E-state index >= 15 is 0 Å². The molecule has 0 spiro atoms. The lowest BCUT2D eigenvalue weighted by Gasteiger charge is -2.22. The average molecular weight is 503 g/mol. The smallest absolute Gasteiger partial charge is 0.191 e. The van der Waals surface area contributed by atoms with Gasteiger partial charge in [0.1, 0.15) is 0 Å². The Bertz CT molecular complexity index is 531. The fraction of sp³-hybridized carbons (Fsp3) is 0.682. The fourth-order valence-electron chi connectivity index (χ4n) is 3.07. The van der Waals surface area contributed by atoms with Crippen molar-refractivity contribution in [3.8, 4) is 0 Å². The molecule has 160 valence electrons. The van der Waals surface area contributed by atoms with Gasteiger partial charge in [-0.25, -0.2) is 4.99 Å². The molecule has 28 heavy (non-hydrogen) atoms. The van der Waals surface area contributed by atoms with Crippen molar-refractivity contribution in [3.63, 3.8) is 0 Å². The van der Waals surface area contributed by atoms with Crippen molar-refractivity contribution in [1.29, 1.82) is 0 Å². The highest BCUT2D eigenvalue weighted by Crippen LogP contribution is 2.14. The van der Waals surface area contributed by atoms with Crippen LogP contribution >= 0.6 is 24.0 Å². The Morgan fingerprint density at radius 1 is 1.04 bits per heavy atom. The molecule has 1 aromatic carbocycles. The highest BCUT2D eigenvalue weighted by Gasteiger charge is 2.13. The maximum atomic E-state index is 5.98. The summed E-state index contributed by atoms with van der Waals surface area (Å²) in [6.07, 6.45) is 7.40. The lowest BCUT2D eigenvalue weighted by atomic mass is 10.1. The molecule has 2 rings (SSSR count). The number of nitrogens with zero attached hydrogens (tertiary/aromatic N) is 1. The van der Waals surface area contributed by atoms with Crippen LogP contribution < -0.4 is 10.6 Å². The Hall–Kier alpha value is -0.860. The molecular formula is C22H38IN3O2. The van der Waals surface area contributed by atoms with Crippen LogP contribution in [-0.2, 0) is 22.6 Å². The SMILES string of the molecule is CCCCCCNC(=NCc1ccc(COC2CCOCC2)cc1)NCC.I. The summed E-state index contributed by atoms with van der Waals surface area (Å²) >= 11 is 0. The number of halogens is 1. The number of aliphatic imine (C=N–C) groups is 1. The Morgan fingerprint density at radius 3 is 2.43 bits per heavy atom. The van der Waals surface area contributed by atoms with Crippen molar-refractivity contribution in [1.82, 2.24) is 10.6 Å². The molecule has 0 bridgehead atoms. The van der Waals surface area contributed by atoms with Gasteiger partial charge in [0.05, 0.1) is 19.3 Å². The normalized spacial score (nSPS) is 15.1. The van der Waals surface area contributed by atoms with Gasteiger partial charge in [-0.1, -0.05) is 50.5 Å². The zero-order valence-corrected chi connectivity index (χ0v) is 19.9. The van der Waals surface area contributed by atoms with Crippen molar-refractivity contribution in [2.45, 2.75) is 71.6 Å². The first-order chi connectivity index (χ1) is 13.3. The van der Waals surface area contributed by atoms with E-state index < -0.39 is 0 Å². The Balaban J connectivity index is 0.00000392. The fourth-order valence-corrected chi connectivity index (χ4v) is 3.07. The van der Waals surface area contributed by atoms with Gasteiger partial charge in [0.2, 0.25) is 0 Å². The number of nitrogens with one attached hydrogen (secondary N) is 2. The minimum absolute atomic E-state index is 0. The molecule has 2 N–H and O–H groups in total. The number of benzene rings is 1. The minimum atomic E-state index is 0. The third-order valence-corrected chi connectivity index (χ3v) is 4.76. The van der Waals surface area contributed by atoms with Crippen molar-refractivity contribution in [3.05, 3.63) is 35.4 Å². The first-order valence-corrected chi connectivity index (χ1v) is 10.6. The van der Waals surface area contributed by atoms with E-state index in [1.54, 1.807) is 0 Å². The predicted octanol–water partition coefficient (Wildman–Crippen LogP) is 4.64. The number of ether oxygens (including phenoxy) is 2. The number of guanidine groups is 1. The number of hydrogen-bond acceptors (Lipinski definition) is 3. The minimum Gasteiger partial charge on any atom is -0.381 e. The molecule has 0 aliphatic carbocycles. The van der Waals surface area contributed by atoms with Gasteiger partial charge in [-0.05, 0) is 37.3 Å². The van der Waals surface area contributed by atoms with E-state index in [-0.39, 0.29) is 24.0 Å². The summed E-state index contributed by atoms with van der Waals surface area (Å²) in [4.78, 5) is 4.70. The van der Waals surface area contributed by atoms with E-state index in [9.17, 15) is 0 Å². The highest BCUT2D eigenvalue weighted by atomic mass is 127. The standard InChI is InChI=1S/C22H37N3O2.HI/c1-3-5-6-7-14-24-22(23-4-2)25-17-19-8-10-20(11-9-19)18-27-21-12-15-26-16-13-21;/h8-11,21H,3-7,12-18H2,1-2H3,(H2,23,24,25);1H. The van der Waals surface area contributed by atoms with E-state index in [2.05, 4.69) is 48.7 Å². The second kappa shape index (κ2) is 16.0. The molecule has 1 aliphatic rings. The highest BCUT2D eigenvalue weighted by molar-refractivity contribution is 14.0. The Labute approximate surface area is 188 Å². The van der Waals surface area contributed by atoms with Crippen LogP contribution in [0.25, 0.3) is 0 Å². The molecule has 1 aromatic rings. The molecule has 0 unspecified atom stereocenters. The van der Waals surface area contributed by atoms with Gasteiger partial charge in [0, 0.05) is 26.3 Å². The maximum absolute atomic E-state index is 5.98. The molecule has 5 nitrogen and oxygen atoms in total. The molecule has 1 fully saturated rings. The summed E-state index contributed by atoms with van der Waals surface area (Å²) in [5, 5.41) is 6.75. The maximum Gasteiger partial charge on any atom is 0.191 e. The topological polar surface area (TPSA) is 54.9 Å². The largest absolute Gasteiger partial charge is 0.381 e. The van der Waals surface area contributed by atoms with Crippen LogP contribution in [0, 0.1) is 0 Å². The number of hydrogen-bond donors (Lipinski definition) is 2. The van der Waals surface area contributed by atoms with Crippen LogP contribution in [0.15, 0.2) is 29.3 Å². The lowest BCUT2D eigenvalue weighted by molar-refractivity contribution is -0.0390. The van der Waals surface area contributed by atoms with Crippen LogP contribution in [0.5, 0.6) is 0 Å². The zero-order valence-electron chi connectivity index (χ0n) is 17.5. The second-order valence-electron chi connectivity index (χ2n) is 7.12. The van der Waals surface area contributed by atoms with Crippen LogP contribution in [-0.4, -0.2) is 38.4 Å². The van der Waals surface area contributed by atoms with E-state index in [1.165, 1.54) is 36.8 Å². The quantitative estimate of drug-likeness (QED) is 0.200. The van der Waals surface area contributed by atoms with Crippen LogP contribution in [0.3, 0.4) is 0 Å².